The van der Waals surface area contributed by atoms with Crippen LogP contribution in [0.15, 0.2) is 53.6 Å². The van der Waals surface area contributed by atoms with Gasteiger partial charge in [0.25, 0.3) is 0 Å². The Labute approximate surface area is 285 Å². The van der Waals surface area contributed by atoms with Crippen molar-refractivity contribution in [3.63, 3.8) is 0 Å². The zero-order valence-corrected chi connectivity index (χ0v) is 30.0. The van der Waals surface area contributed by atoms with E-state index in [1.807, 2.05) is 37.3 Å². The fourth-order valence-corrected chi connectivity index (χ4v) is 7.23. The largest absolute Gasteiger partial charge is 0.443 e. The van der Waals surface area contributed by atoms with E-state index in [0.717, 1.165) is 21.6 Å². The first-order valence-electron chi connectivity index (χ1n) is 16.2. The van der Waals surface area contributed by atoms with Crippen molar-refractivity contribution in [2.24, 2.45) is 0 Å². The maximum absolute atomic E-state index is 14.2. The SMILES string of the molecule is CCS(=O)(=O)c1cnc(Nc2nn(C(=O)OC(C)(C)C)c3cc([C@@H]4C[C@@]45C(=O)N(C(=O)OC(C)(C)C)c4ccc(C)cc45)ccc23)c(C)c1. The molecule has 13 heteroatoms. The number of hydrogen-bond acceptors (Lipinski definition) is 10. The molecule has 6 rings (SSSR count). The van der Waals surface area contributed by atoms with Crippen LogP contribution in [0.5, 0.6) is 0 Å². The monoisotopic (exact) mass is 687 g/mol. The summed E-state index contributed by atoms with van der Waals surface area (Å²) < 4.78 is 37.3. The molecular formula is C36H41N5O7S. The summed E-state index contributed by atoms with van der Waals surface area (Å²) in [6.45, 7) is 15.8. The second kappa shape index (κ2) is 11.4. The molecule has 0 unspecified atom stereocenters. The van der Waals surface area contributed by atoms with Crippen LogP contribution in [0.1, 0.15) is 83.1 Å². The van der Waals surface area contributed by atoms with E-state index in [-0.39, 0.29) is 22.5 Å². The Morgan fingerprint density at radius 1 is 0.959 bits per heavy atom. The topological polar surface area (TPSA) is 150 Å². The molecule has 1 fully saturated rings. The molecule has 2 amide bonds. The minimum absolute atomic E-state index is 0.0493. The van der Waals surface area contributed by atoms with Gasteiger partial charge in [-0.25, -0.2) is 27.9 Å². The molecule has 258 valence electrons. The van der Waals surface area contributed by atoms with Gasteiger partial charge in [0.15, 0.2) is 15.7 Å². The molecule has 12 nitrogen and oxygen atoms in total. The Hall–Kier alpha value is -4.78. The highest BCUT2D eigenvalue weighted by molar-refractivity contribution is 7.91. The predicted octanol–water partition coefficient (Wildman–Crippen LogP) is 7.08. The molecule has 0 bridgehead atoms. The fraction of sp³-hybridized carbons (Fsp3) is 0.417. The smallest absolute Gasteiger partial charge is 0.435 e. The predicted molar refractivity (Wildman–Crippen MR) is 185 cm³/mol. The number of pyridine rings is 1. The number of nitrogens with one attached hydrogen (secondary N) is 1. The van der Waals surface area contributed by atoms with E-state index in [1.54, 1.807) is 67.5 Å². The molecule has 4 aromatic rings. The third-order valence-corrected chi connectivity index (χ3v) is 10.4. The number of benzene rings is 2. The van der Waals surface area contributed by atoms with Gasteiger partial charge in [-0.1, -0.05) is 30.7 Å². The second-order valence-corrected chi connectivity index (χ2v) is 17.0. The summed E-state index contributed by atoms with van der Waals surface area (Å²) >= 11 is 0. The van der Waals surface area contributed by atoms with Crippen molar-refractivity contribution in [3.8, 4) is 0 Å². The van der Waals surface area contributed by atoms with Gasteiger partial charge in [-0.15, -0.1) is 5.10 Å². The van der Waals surface area contributed by atoms with Crippen LogP contribution >= 0.6 is 0 Å². The van der Waals surface area contributed by atoms with Gasteiger partial charge < -0.3 is 14.8 Å². The van der Waals surface area contributed by atoms with Crippen LogP contribution in [-0.2, 0) is 29.5 Å². The molecule has 1 aliphatic heterocycles. The first-order chi connectivity index (χ1) is 22.8. The number of carbonyl (C=O) groups excluding carboxylic acids is 3. The molecule has 49 heavy (non-hydrogen) atoms. The third-order valence-electron chi connectivity index (χ3n) is 8.70. The summed E-state index contributed by atoms with van der Waals surface area (Å²) in [5.74, 6) is 0.0143. The average molecular weight is 688 g/mol. The lowest BCUT2D eigenvalue weighted by Crippen LogP contribution is -2.41. The highest BCUT2D eigenvalue weighted by Crippen LogP contribution is 2.66. The highest BCUT2D eigenvalue weighted by atomic mass is 32.2. The summed E-state index contributed by atoms with van der Waals surface area (Å²) in [5.41, 5.74) is 1.49. The van der Waals surface area contributed by atoms with Crippen molar-refractivity contribution in [2.75, 3.05) is 16.0 Å². The van der Waals surface area contributed by atoms with Crippen LogP contribution in [0.4, 0.5) is 26.9 Å². The van der Waals surface area contributed by atoms with Gasteiger partial charge in [-0.2, -0.15) is 4.68 Å². The van der Waals surface area contributed by atoms with Crippen LogP contribution in [0, 0.1) is 13.8 Å². The number of ether oxygens (including phenoxy) is 2. The number of imide groups is 1. The van der Waals surface area contributed by atoms with Crippen LogP contribution < -0.4 is 10.2 Å². The van der Waals surface area contributed by atoms with Gasteiger partial charge >= 0.3 is 12.2 Å². The van der Waals surface area contributed by atoms with E-state index in [2.05, 4.69) is 15.4 Å². The Balaban J connectivity index is 1.41. The van der Waals surface area contributed by atoms with Crippen molar-refractivity contribution < 1.29 is 32.3 Å². The zero-order chi connectivity index (χ0) is 35.8. The van der Waals surface area contributed by atoms with Crippen molar-refractivity contribution >= 4 is 56.2 Å². The van der Waals surface area contributed by atoms with Gasteiger partial charge in [0.05, 0.1) is 27.3 Å². The van der Waals surface area contributed by atoms with Gasteiger partial charge in [0.1, 0.15) is 17.0 Å². The minimum atomic E-state index is -3.45. The van der Waals surface area contributed by atoms with E-state index >= 15 is 0 Å². The molecule has 1 saturated carbocycles. The summed E-state index contributed by atoms with van der Waals surface area (Å²) in [4.78, 5) is 46.6. The zero-order valence-electron chi connectivity index (χ0n) is 29.2. The summed E-state index contributed by atoms with van der Waals surface area (Å²) in [6.07, 6.45) is 0.347. The molecule has 2 aliphatic rings. The van der Waals surface area contributed by atoms with Crippen LogP contribution in [0.25, 0.3) is 10.9 Å². The molecule has 2 aromatic carbocycles. The van der Waals surface area contributed by atoms with E-state index in [9.17, 15) is 22.8 Å². The third kappa shape index (κ3) is 6.04. The van der Waals surface area contributed by atoms with Gasteiger partial charge in [-0.05, 0) is 103 Å². The van der Waals surface area contributed by atoms with Crippen molar-refractivity contribution in [2.45, 2.75) is 96.2 Å². The fourth-order valence-electron chi connectivity index (χ4n) is 6.33. The van der Waals surface area contributed by atoms with E-state index in [4.69, 9.17) is 9.47 Å². The van der Waals surface area contributed by atoms with Crippen LogP contribution in [-0.4, -0.2) is 58.2 Å². The molecule has 2 atom stereocenters. The van der Waals surface area contributed by atoms with E-state index in [0.29, 0.717) is 40.2 Å². The van der Waals surface area contributed by atoms with E-state index < -0.39 is 38.6 Å². The maximum atomic E-state index is 14.2. The number of nitrogens with zero attached hydrogens (tertiary/aromatic N) is 4. The van der Waals surface area contributed by atoms with E-state index in [1.165, 1.54) is 10.9 Å². The summed E-state index contributed by atoms with van der Waals surface area (Å²) in [5, 5.41) is 8.33. The quantitative estimate of drug-likeness (QED) is 0.231. The molecule has 0 saturated heterocycles. The van der Waals surface area contributed by atoms with Crippen LogP contribution in [0.3, 0.4) is 0 Å². The lowest BCUT2D eigenvalue weighted by Gasteiger charge is -2.24. The van der Waals surface area contributed by atoms with Gasteiger partial charge in [-0.3, -0.25) is 4.79 Å². The molecule has 1 spiro atoms. The molecule has 3 heterocycles. The number of sulfone groups is 1. The van der Waals surface area contributed by atoms with Crippen molar-refractivity contribution in [3.05, 3.63) is 70.9 Å². The van der Waals surface area contributed by atoms with Crippen molar-refractivity contribution in [1.82, 2.24) is 14.8 Å². The van der Waals surface area contributed by atoms with Gasteiger partial charge in [0.2, 0.25) is 5.91 Å². The maximum Gasteiger partial charge on any atom is 0.435 e. The molecule has 2 aromatic heterocycles. The van der Waals surface area contributed by atoms with Crippen LogP contribution in [0.2, 0.25) is 0 Å². The number of rotatable bonds is 5. The Morgan fingerprint density at radius 3 is 2.27 bits per heavy atom. The number of hydrogen-bond donors (Lipinski definition) is 1. The lowest BCUT2D eigenvalue weighted by atomic mass is 9.91. The van der Waals surface area contributed by atoms with Crippen molar-refractivity contribution in [1.29, 1.82) is 0 Å². The standard InChI is InChI=1S/C36H41N5O7S/c1-10-49(45,46)23-16-21(3)29(37-19-23)38-30-24-13-12-22(17-28(24)41(39-30)33(44)48-35(7,8)9)26-18-36(26)25-15-20(2)11-14-27(25)40(31(36)42)32(43)47-34(4,5)6/h11-17,19,26H,10,18H2,1-9H3,(H,37,38,39)/t26-,36-/m0/s1. The number of amides is 2. The second-order valence-electron chi connectivity index (χ2n) is 14.8. The number of carbonyl (C=O) groups is 3. The Bertz CT molecular complexity index is 2160. The van der Waals surface area contributed by atoms with Gasteiger partial charge in [0, 0.05) is 17.5 Å². The lowest BCUT2D eigenvalue weighted by molar-refractivity contribution is -0.120. The minimum Gasteiger partial charge on any atom is -0.443 e. The highest BCUT2D eigenvalue weighted by Gasteiger charge is 2.68. The molecular weight excluding hydrogens is 646 g/mol. The number of aryl methyl sites for hydroxylation is 2. The first kappa shape index (κ1) is 34.1. The summed E-state index contributed by atoms with van der Waals surface area (Å²) in [6, 6.07) is 12.7. The number of anilines is 3. The average Bonchev–Trinajstić information content (AvgIpc) is 3.58. The molecule has 1 N–H and O–H groups in total. The Kier molecular flexibility index (Phi) is 7.93. The molecule has 1 aliphatic carbocycles. The Morgan fingerprint density at radius 2 is 1.63 bits per heavy atom. The molecule has 0 radical (unpaired) electrons. The number of fused-ring (bicyclic) bond motifs is 3. The summed E-state index contributed by atoms with van der Waals surface area (Å²) in [7, 11) is -3.45. The first-order valence-corrected chi connectivity index (χ1v) is 17.8. The number of aromatic nitrogens is 3. The normalized spacial score (nSPS) is 18.9.